The van der Waals surface area contributed by atoms with Crippen molar-refractivity contribution in [2.45, 2.75) is 13.0 Å². The molecule has 2 heterocycles. The summed E-state index contributed by atoms with van der Waals surface area (Å²) >= 11 is 6.05. The molecule has 1 fully saturated rings. The Hall–Kier alpha value is -2.34. The monoisotopic (exact) mass is 398 g/mol. The van der Waals surface area contributed by atoms with Crippen molar-refractivity contribution >= 4 is 28.5 Å². The third-order valence-electron chi connectivity index (χ3n) is 5.25. The molecule has 1 amide bonds. The van der Waals surface area contributed by atoms with Gasteiger partial charge in [0, 0.05) is 35.6 Å². The number of morpholine rings is 1. The summed E-state index contributed by atoms with van der Waals surface area (Å²) in [6.45, 7) is 5.44. The van der Waals surface area contributed by atoms with Gasteiger partial charge in [0.25, 0.3) is 5.91 Å². The third-order valence-corrected chi connectivity index (χ3v) is 5.50. The molecule has 0 aliphatic carbocycles. The number of ether oxygens (including phenoxy) is 1. The van der Waals surface area contributed by atoms with Crippen molar-refractivity contribution in [3.63, 3.8) is 0 Å². The highest BCUT2D eigenvalue weighted by Crippen LogP contribution is 2.26. The molecule has 3 aromatic rings. The number of nitrogens with one attached hydrogen (secondary N) is 1. The minimum Gasteiger partial charge on any atom is -0.451 e. The maximum absolute atomic E-state index is 12.8. The number of halogens is 1. The molecule has 28 heavy (non-hydrogen) atoms. The number of furan rings is 1. The molecular formula is C22H23ClN2O3. The van der Waals surface area contributed by atoms with Crippen molar-refractivity contribution in [3.05, 3.63) is 70.4 Å². The Labute approximate surface area is 169 Å². The molecule has 1 atom stereocenters. The summed E-state index contributed by atoms with van der Waals surface area (Å²) in [6.07, 6.45) is 0. The molecule has 4 rings (SSSR count). The summed E-state index contributed by atoms with van der Waals surface area (Å²) in [5, 5.41) is 4.73. The molecule has 0 unspecified atom stereocenters. The van der Waals surface area contributed by atoms with Crippen molar-refractivity contribution in [2.75, 3.05) is 32.8 Å². The molecule has 6 heteroatoms. The fraction of sp³-hybridized carbons (Fsp3) is 0.318. The van der Waals surface area contributed by atoms with Gasteiger partial charge in [0.2, 0.25) is 0 Å². The molecule has 0 spiro atoms. The van der Waals surface area contributed by atoms with Crippen LogP contribution >= 0.6 is 11.6 Å². The van der Waals surface area contributed by atoms with Gasteiger partial charge < -0.3 is 14.5 Å². The van der Waals surface area contributed by atoms with Gasteiger partial charge in [-0.2, -0.15) is 0 Å². The minimum absolute atomic E-state index is 0.0507. The van der Waals surface area contributed by atoms with Gasteiger partial charge in [-0.1, -0.05) is 41.9 Å². The first-order valence-corrected chi connectivity index (χ1v) is 9.85. The summed E-state index contributed by atoms with van der Waals surface area (Å²) in [5.74, 6) is 0.180. The first-order chi connectivity index (χ1) is 13.6. The van der Waals surface area contributed by atoms with Gasteiger partial charge in [-0.05, 0) is 30.7 Å². The summed E-state index contributed by atoms with van der Waals surface area (Å²) in [4.78, 5) is 15.2. The van der Waals surface area contributed by atoms with Crippen molar-refractivity contribution in [1.82, 2.24) is 10.2 Å². The average Bonchev–Trinajstić information content (AvgIpc) is 3.07. The van der Waals surface area contributed by atoms with Crippen molar-refractivity contribution < 1.29 is 13.9 Å². The number of nitrogens with zero attached hydrogens (tertiary/aromatic N) is 1. The van der Waals surface area contributed by atoms with Crippen LogP contribution in [0.2, 0.25) is 5.02 Å². The number of fused-ring (bicyclic) bond motifs is 1. The maximum Gasteiger partial charge on any atom is 0.287 e. The van der Waals surface area contributed by atoms with Gasteiger partial charge in [0.05, 0.1) is 19.3 Å². The molecule has 2 aromatic carbocycles. The van der Waals surface area contributed by atoms with Crippen molar-refractivity contribution in [2.24, 2.45) is 0 Å². The third kappa shape index (κ3) is 3.92. The first kappa shape index (κ1) is 19.0. The smallest absolute Gasteiger partial charge is 0.287 e. The molecule has 5 nitrogen and oxygen atoms in total. The lowest BCUT2D eigenvalue weighted by atomic mass is 10.0. The van der Waals surface area contributed by atoms with Crippen LogP contribution < -0.4 is 5.32 Å². The number of amides is 1. The Balaban J connectivity index is 1.53. The maximum atomic E-state index is 12.8. The quantitative estimate of drug-likeness (QED) is 0.699. The normalized spacial score (nSPS) is 16.2. The van der Waals surface area contributed by atoms with Gasteiger partial charge in [0.15, 0.2) is 5.76 Å². The van der Waals surface area contributed by atoms with E-state index in [1.165, 1.54) is 0 Å². The predicted molar refractivity (Wildman–Crippen MR) is 110 cm³/mol. The number of para-hydroxylation sites is 1. The lowest BCUT2D eigenvalue weighted by Gasteiger charge is -2.34. The highest BCUT2D eigenvalue weighted by molar-refractivity contribution is 6.30. The van der Waals surface area contributed by atoms with Crippen LogP contribution in [0.1, 0.15) is 27.7 Å². The molecule has 0 radical (unpaired) electrons. The molecule has 146 valence electrons. The summed E-state index contributed by atoms with van der Waals surface area (Å²) in [6, 6.07) is 15.5. The van der Waals surface area contributed by atoms with Crippen LogP contribution in [0.15, 0.2) is 52.9 Å². The lowest BCUT2D eigenvalue weighted by molar-refractivity contribution is 0.0161. The number of rotatable bonds is 5. The fourth-order valence-electron chi connectivity index (χ4n) is 3.69. The SMILES string of the molecule is Cc1c(C(=O)NC[C@@H](c2ccc(Cl)cc2)N2CCOCC2)oc2ccccc12. The number of carbonyl (C=O) groups is 1. The van der Waals surface area contributed by atoms with E-state index in [-0.39, 0.29) is 11.9 Å². The van der Waals surface area contributed by atoms with Crippen LogP contribution in [0.5, 0.6) is 0 Å². The summed E-state index contributed by atoms with van der Waals surface area (Å²) < 4.78 is 11.3. The fourth-order valence-corrected chi connectivity index (χ4v) is 3.82. The van der Waals surface area contributed by atoms with E-state index in [2.05, 4.69) is 10.2 Å². The Morgan fingerprint density at radius 1 is 1.14 bits per heavy atom. The van der Waals surface area contributed by atoms with E-state index in [9.17, 15) is 4.79 Å². The largest absolute Gasteiger partial charge is 0.451 e. The van der Waals surface area contributed by atoms with Gasteiger partial charge in [0.1, 0.15) is 5.58 Å². The van der Waals surface area contributed by atoms with Crippen molar-refractivity contribution in [3.8, 4) is 0 Å². The Bertz CT molecular complexity index is 962. The van der Waals surface area contributed by atoms with Crippen LogP contribution in [0.3, 0.4) is 0 Å². The molecule has 1 aromatic heterocycles. The summed E-state index contributed by atoms with van der Waals surface area (Å²) in [5.41, 5.74) is 2.71. The van der Waals surface area contributed by atoms with Crippen LogP contribution in [0, 0.1) is 6.92 Å². The number of hydrogen-bond donors (Lipinski definition) is 1. The first-order valence-electron chi connectivity index (χ1n) is 9.47. The van der Waals surface area contributed by atoms with Crippen LogP contribution in [-0.4, -0.2) is 43.7 Å². The van der Waals surface area contributed by atoms with Crippen molar-refractivity contribution in [1.29, 1.82) is 0 Å². The Morgan fingerprint density at radius 2 is 1.86 bits per heavy atom. The highest BCUT2D eigenvalue weighted by Gasteiger charge is 2.25. The molecule has 1 aliphatic rings. The molecule has 0 saturated carbocycles. The zero-order chi connectivity index (χ0) is 19.5. The zero-order valence-electron chi connectivity index (χ0n) is 15.8. The second-order valence-electron chi connectivity index (χ2n) is 6.98. The number of carbonyl (C=O) groups excluding carboxylic acids is 1. The van der Waals surface area contributed by atoms with E-state index in [4.69, 9.17) is 20.8 Å². The Kier molecular flexibility index (Phi) is 5.67. The van der Waals surface area contributed by atoms with Gasteiger partial charge in [-0.3, -0.25) is 9.69 Å². The molecule has 1 saturated heterocycles. The van der Waals surface area contributed by atoms with E-state index in [1.807, 2.05) is 55.5 Å². The van der Waals surface area contributed by atoms with E-state index >= 15 is 0 Å². The number of hydrogen-bond acceptors (Lipinski definition) is 4. The molecule has 1 aliphatic heterocycles. The molecule has 0 bridgehead atoms. The molecular weight excluding hydrogens is 376 g/mol. The van der Waals surface area contributed by atoms with E-state index in [1.54, 1.807) is 0 Å². The van der Waals surface area contributed by atoms with Crippen LogP contribution in [-0.2, 0) is 4.74 Å². The Morgan fingerprint density at radius 3 is 2.57 bits per heavy atom. The molecule has 1 N–H and O–H groups in total. The second kappa shape index (κ2) is 8.35. The highest BCUT2D eigenvalue weighted by atomic mass is 35.5. The van der Waals surface area contributed by atoms with E-state index in [0.29, 0.717) is 30.5 Å². The minimum atomic E-state index is -0.194. The van der Waals surface area contributed by atoms with Crippen LogP contribution in [0.25, 0.3) is 11.0 Å². The van der Waals surface area contributed by atoms with Gasteiger partial charge in [-0.25, -0.2) is 0 Å². The predicted octanol–water partition coefficient (Wildman–Crippen LogP) is 4.20. The topological polar surface area (TPSA) is 54.7 Å². The van der Waals surface area contributed by atoms with Gasteiger partial charge >= 0.3 is 0 Å². The number of benzene rings is 2. The summed E-state index contributed by atoms with van der Waals surface area (Å²) in [7, 11) is 0. The van der Waals surface area contributed by atoms with E-state index in [0.717, 1.165) is 35.2 Å². The van der Waals surface area contributed by atoms with E-state index < -0.39 is 0 Å². The number of aryl methyl sites for hydroxylation is 1. The zero-order valence-corrected chi connectivity index (χ0v) is 16.5. The average molecular weight is 399 g/mol. The second-order valence-corrected chi connectivity index (χ2v) is 7.41. The van der Waals surface area contributed by atoms with Gasteiger partial charge in [-0.15, -0.1) is 0 Å². The standard InChI is InChI=1S/C22H23ClN2O3/c1-15-18-4-2-3-5-20(18)28-21(15)22(26)24-14-19(25-10-12-27-13-11-25)16-6-8-17(23)9-7-16/h2-9,19H,10-14H2,1H3,(H,24,26)/t19-/m0/s1. The van der Waals surface area contributed by atoms with Crippen LogP contribution in [0.4, 0.5) is 0 Å². The lowest BCUT2D eigenvalue weighted by Crippen LogP contribution is -2.43.